The van der Waals surface area contributed by atoms with Crippen LogP contribution in [0.25, 0.3) is 0 Å². The first-order chi connectivity index (χ1) is 1.89. The Labute approximate surface area is 41.0 Å². The van der Waals surface area contributed by atoms with E-state index in [1.165, 1.54) is 0 Å². The molecule has 1 saturated heterocycles. The van der Waals surface area contributed by atoms with Crippen LogP contribution in [0, 0.1) is 0 Å². The standard InChI is InChI=1S/C2H4Si.Zr/c1-2-3-1;/h1-2H2;/q;+2. The molecule has 0 bridgehead atoms. The van der Waals surface area contributed by atoms with Gasteiger partial charge in [0.25, 0.3) is 0 Å². The molecule has 0 unspecified atom stereocenters. The first-order valence-electron chi connectivity index (χ1n) is 1.46. The normalized spacial score (nSPS) is 22.0. The predicted molar refractivity (Wildman–Crippen MR) is 15.4 cm³/mol. The Kier molecular flexibility index (Phi) is 0.873. The zero-order chi connectivity index (χ0) is 2.99. The van der Waals surface area contributed by atoms with E-state index in [1.54, 1.807) is 12.1 Å². The molecule has 0 spiro atoms. The molecule has 2 heteroatoms. The molecule has 1 rings (SSSR count). The summed E-state index contributed by atoms with van der Waals surface area (Å²) in [6.45, 7) is 0. The molecule has 0 amide bonds. The number of hydrogen-bond acceptors (Lipinski definition) is 0. The van der Waals surface area contributed by atoms with Gasteiger partial charge in [-0.1, -0.05) is 0 Å². The van der Waals surface area contributed by atoms with Crippen LogP contribution in [0.4, 0.5) is 0 Å². The van der Waals surface area contributed by atoms with Crippen molar-refractivity contribution in [2.45, 2.75) is 12.1 Å². The second-order valence-electron chi connectivity index (χ2n) is 1.10. The fraction of sp³-hybridized carbons (Fsp3) is 1.00. The van der Waals surface area contributed by atoms with Gasteiger partial charge in [-0.15, -0.1) is 0 Å². The molecule has 0 aliphatic carbocycles. The molecule has 0 nitrogen and oxygen atoms in total. The van der Waals surface area contributed by atoms with Gasteiger partial charge in [-0.25, -0.2) is 0 Å². The van der Waals surface area contributed by atoms with E-state index in [1.807, 2.05) is 23.3 Å². The molecular weight excluding hydrogens is 143 g/mol. The van der Waals surface area contributed by atoms with Crippen molar-refractivity contribution in [3.8, 4) is 0 Å². The minimum atomic E-state index is 0.460. The van der Waals surface area contributed by atoms with Gasteiger partial charge in [-0.2, -0.15) is 0 Å². The first-order valence-corrected chi connectivity index (χ1v) is 7.06. The van der Waals surface area contributed by atoms with E-state index in [2.05, 4.69) is 0 Å². The molecule has 0 aromatic carbocycles. The van der Waals surface area contributed by atoms with Crippen LogP contribution in [0.1, 0.15) is 0 Å². The summed E-state index contributed by atoms with van der Waals surface area (Å²) in [7, 11) is 0. The van der Waals surface area contributed by atoms with Gasteiger partial charge in [0.15, 0.2) is 0 Å². The van der Waals surface area contributed by atoms with E-state index in [4.69, 9.17) is 0 Å². The molecule has 1 heterocycles. The van der Waals surface area contributed by atoms with Crippen LogP contribution in [-0.2, 0) is 23.3 Å². The summed E-state index contributed by atoms with van der Waals surface area (Å²) in [6, 6.07) is 3.26. The van der Waals surface area contributed by atoms with E-state index in [0.29, 0.717) is 5.43 Å². The summed E-state index contributed by atoms with van der Waals surface area (Å²) < 4.78 is 0. The Hall–Kier alpha value is 1.10. The first kappa shape index (κ1) is 3.30. The summed E-state index contributed by atoms with van der Waals surface area (Å²) >= 11 is 1.85. The molecule has 0 N–H and O–H groups in total. The van der Waals surface area contributed by atoms with E-state index >= 15 is 0 Å². The van der Waals surface area contributed by atoms with Crippen molar-refractivity contribution in [1.82, 2.24) is 0 Å². The van der Waals surface area contributed by atoms with E-state index in [-0.39, 0.29) is 0 Å². The van der Waals surface area contributed by atoms with Crippen molar-refractivity contribution in [3.05, 3.63) is 0 Å². The van der Waals surface area contributed by atoms with Crippen molar-refractivity contribution >= 4 is 5.43 Å². The van der Waals surface area contributed by atoms with Crippen LogP contribution in [0.3, 0.4) is 0 Å². The molecule has 0 atom stereocenters. The number of hydrogen-bond donors (Lipinski definition) is 0. The molecule has 0 saturated carbocycles. The van der Waals surface area contributed by atoms with Crippen LogP contribution in [-0.4, -0.2) is 5.43 Å². The molecule has 1 aliphatic heterocycles. The maximum absolute atomic E-state index is 1.85. The topological polar surface area (TPSA) is 0 Å². The molecule has 0 aromatic rings. The molecule has 0 radical (unpaired) electrons. The summed E-state index contributed by atoms with van der Waals surface area (Å²) in [5.41, 5.74) is 0.460. The summed E-state index contributed by atoms with van der Waals surface area (Å²) in [4.78, 5) is 0. The van der Waals surface area contributed by atoms with Crippen LogP contribution in [0.5, 0.6) is 0 Å². The van der Waals surface area contributed by atoms with Crippen molar-refractivity contribution in [3.63, 3.8) is 0 Å². The molecule has 1 fully saturated rings. The van der Waals surface area contributed by atoms with E-state index < -0.39 is 0 Å². The third-order valence-corrected chi connectivity index (χ3v) is 5.19. The zero-order valence-electron chi connectivity index (χ0n) is 2.41. The van der Waals surface area contributed by atoms with Gasteiger partial charge in [0.05, 0.1) is 0 Å². The van der Waals surface area contributed by atoms with Crippen molar-refractivity contribution < 1.29 is 23.3 Å². The van der Waals surface area contributed by atoms with Gasteiger partial charge in [-0.3, -0.25) is 0 Å². The second kappa shape index (κ2) is 1.06. The van der Waals surface area contributed by atoms with Crippen LogP contribution >= 0.6 is 0 Å². The summed E-state index contributed by atoms with van der Waals surface area (Å²) in [5.74, 6) is 0. The minimum absolute atomic E-state index is 0.460. The number of rotatable bonds is 0. The van der Waals surface area contributed by atoms with Crippen molar-refractivity contribution in [2.75, 3.05) is 0 Å². The molecule has 1 aliphatic rings. The van der Waals surface area contributed by atoms with Gasteiger partial charge in [0.2, 0.25) is 0 Å². The predicted octanol–water partition coefficient (Wildman–Crippen LogP) is 0.538. The van der Waals surface area contributed by atoms with Crippen molar-refractivity contribution in [1.29, 1.82) is 0 Å². The third kappa shape index (κ3) is 0.813. The maximum atomic E-state index is 1.85. The fourth-order valence-corrected chi connectivity index (χ4v) is 3.33. The van der Waals surface area contributed by atoms with Gasteiger partial charge < -0.3 is 0 Å². The Bertz CT molecular complexity index is 44.0. The van der Waals surface area contributed by atoms with E-state index in [9.17, 15) is 0 Å². The Morgan fingerprint density at radius 2 is 1.75 bits per heavy atom. The van der Waals surface area contributed by atoms with Gasteiger partial charge in [0.1, 0.15) is 0 Å². The summed E-state index contributed by atoms with van der Waals surface area (Å²) in [5, 5.41) is 0. The third-order valence-electron chi connectivity index (χ3n) is 0.500. The SMILES string of the molecule is [Zr+2]=[Si]1CC1. The Morgan fingerprint density at radius 3 is 1.75 bits per heavy atom. The van der Waals surface area contributed by atoms with Crippen LogP contribution < -0.4 is 0 Å². The fourth-order valence-electron chi connectivity index (χ4n) is 0.0625. The van der Waals surface area contributed by atoms with Gasteiger partial charge in [-0.05, 0) is 0 Å². The molecule has 18 valence electrons. The molecule has 0 aromatic heterocycles. The molecule has 4 heavy (non-hydrogen) atoms. The van der Waals surface area contributed by atoms with Crippen LogP contribution in [0.15, 0.2) is 0 Å². The zero-order valence-corrected chi connectivity index (χ0v) is 5.87. The Balaban J connectivity index is 2.60. The van der Waals surface area contributed by atoms with Gasteiger partial charge in [0, 0.05) is 0 Å². The summed E-state index contributed by atoms with van der Waals surface area (Å²) in [6.07, 6.45) is 0. The molecular formula is C2H4SiZr+2. The van der Waals surface area contributed by atoms with E-state index in [0.717, 1.165) is 0 Å². The van der Waals surface area contributed by atoms with Crippen molar-refractivity contribution in [2.24, 2.45) is 0 Å². The second-order valence-corrected chi connectivity index (χ2v) is 8.52. The van der Waals surface area contributed by atoms with Crippen LogP contribution in [0.2, 0.25) is 12.1 Å². The average Bonchev–Trinajstić information content (AvgIpc) is 1.75. The average molecular weight is 147 g/mol. The van der Waals surface area contributed by atoms with Gasteiger partial charge >= 0.3 is 40.9 Å². The Morgan fingerprint density at radius 1 is 1.50 bits per heavy atom. The quantitative estimate of drug-likeness (QED) is 0.439. The monoisotopic (exact) mass is 146 g/mol.